The van der Waals surface area contributed by atoms with Crippen molar-refractivity contribution in [1.82, 2.24) is 20.2 Å². The lowest BCUT2D eigenvalue weighted by Crippen LogP contribution is -2.28. The normalized spacial score (nSPS) is 10.7. The van der Waals surface area contributed by atoms with Crippen LogP contribution >= 0.6 is 45.9 Å². The van der Waals surface area contributed by atoms with Crippen molar-refractivity contribution < 1.29 is 9.59 Å². The van der Waals surface area contributed by atoms with Gasteiger partial charge in [0.15, 0.2) is 5.13 Å². The minimum Gasteiger partial charge on any atom is -0.334 e. The number of aromatic nitrogens is 2. The van der Waals surface area contributed by atoms with Gasteiger partial charge in [-0.3, -0.25) is 10.1 Å². The Bertz CT molecular complexity index is 1310. The average Bonchev–Trinajstić information content (AvgIpc) is 3.50. The quantitative estimate of drug-likeness (QED) is 0.298. The Morgan fingerprint density at radius 3 is 2.56 bits per heavy atom. The number of carbonyl (C=O) groups excluding carboxylic acids is 2. The van der Waals surface area contributed by atoms with Crippen molar-refractivity contribution in [2.45, 2.75) is 13.1 Å². The Labute approximate surface area is 214 Å². The summed E-state index contributed by atoms with van der Waals surface area (Å²) >= 11 is 14.6. The second-order valence-electron chi connectivity index (χ2n) is 7.27. The fourth-order valence-electron chi connectivity index (χ4n) is 3.01. The van der Waals surface area contributed by atoms with Gasteiger partial charge < -0.3 is 10.2 Å². The molecular formula is C23H19Cl2N5O2S2. The van der Waals surface area contributed by atoms with Crippen LogP contribution in [-0.4, -0.2) is 33.9 Å². The molecule has 0 aliphatic carbocycles. The van der Waals surface area contributed by atoms with Gasteiger partial charge in [-0.2, -0.15) is 0 Å². The molecule has 0 saturated carbocycles. The number of thiazole rings is 2. The van der Waals surface area contributed by atoms with E-state index >= 15 is 0 Å². The monoisotopic (exact) mass is 531 g/mol. The number of urea groups is 1. The fraction of sp³-hybridized carbons (Fsp3) is 0.130. The molecule has 0 unspecified atom stereocenters. The molecule has 0 radical (unpaired) electrons. The average molecular weight is 532 g/mol. The Morgan fingerprint density at radius 1 is 1.00 bits per heavy atom. The van der Waals surface area contributed by atoms with Gasteiger partial charge in [0.25, 0.3) is 5.91 Å². The lowest BCUT2D eigenvalue weighted by molar-refractivity contribution is 0.0778. The van der Waals surface area contributed by atoms with Crippen molar-refractivity contribution in [3.63, 3.8) is 0 Å². The molecule has 2 aromatic carbocycles. The summed E-state index contributed by atoms with van der Waals surface area (Å²) in [5.74, 6) is -0.194. The van der Waals surface area contributed by atoms with Gasteiger partial charge in [0.05, 0.1) is 22.3 Å². The maximum atomic E-state index is 12.8. The van der Waals surface area contributed by atoms with Gasteiger partial charge >= 0.3 is 6.03 Å². The van der Waals surface area contributed by atoms with Crippen molar-refractivity contribution in [1.29, 1.82) is 0 Å². The number of rotatable bonds is 7. The molecule has 0 bridgehead atoms. The van der Waals surface area contributed by atoms with Crippen molar-refractivity contribution in [3.05, 3.63) is 86.3 Å². The van der Waals surface area contributed by atoms with Gasteiger partial charge in [0.2, 0.25) is 0 Å². The first kappa shape index (κ1) is 24.2. The van der Waals surface area contributed by atoms with Crippen LogP contribution in [0.15, 0.2) is 59.3 Å². The van der Waals surface area contributed by atoms with E-state index < -0.39 is 6.03 Å². The van der Waals surface area contributed by atoms with Crippen molar-refractivity contribution in [2.24, 2.45) is 0 Å². The van der Waals surface area contributed by atoms with Crippen LogP contribution in [0, 0.1) is 0 Å². The summed E-state index contributed by atoms with van der Waals surface area (Å²) < 4.78 is 0. The third-order valence-electron chi connectivity index (χ3n) is 4.70. The highest BCUT2D eigenvalue weighted by atomic mass is 35.5. The molecule has 2 N–H and O–H groups in total. The first-order valence-corrected chi connectivity index (χ1v) is 12.6. The number of nitrogens with one attached hydrogen (secondary N) is 2. The predicted octanol–water partition coefficient (Wildman–Crippen LogP) is 6.17. The van der Waals surface area contributed by atoms with E-state index in [0.29, 0.717) is 33.1 Å². The third kappa shape index (κ3) is 6.12. The molecule has 7 nitrogen and oxygen atoms in total. The molecule has 174 valence electrons. The Morgan fingerprint density at radius 2 is 1.79 bits per heavy atom. The lowest BCUT2D eigenvalue weighted by Gasteiger charge is -2.14. The van der Waals surface area contributed by atoms with Crippen LogP contribution in [0.1, 0.15) is 21.7 Å². The van der Waals surface area contributed by atoms with Crippen LogP contribution in [0.3, 0.4) is 0 Å². The molecule has 0 atom stereocenters. The Kier molecular flexibility index (Phi) is 7.79. The van der Waals surface area contributed by atoms with Gasteiger partial charge in [0, 0.05) is 29.9 Å². The highest BCUT2D eigenvalue weighted by molar-refractivity contribution is 7.14. The summed E-state index contributed by atoms with van der Waals surface area (Å²) in [7, 11) is 1.69. The molecule has 0 aliphatic heterocycles. The van der Waals surface area contributed by atoms with Gasteiger partial charge in [-0.15, -0.1) is 22.7 Å². The largest absolute Gasteiger partial charge is 0.334 e. The standard InChI is InChI=1S/C23H19Cl2N5O2S2/c1-30(21(31)19-13-33-20(28-19)15-5-3-2-4-6-15)11-16-12-34-23(27-16)29-22(32)26-10-14-7-8-17(24)18(25)9-14/h2-9,12-13H,10-11H2,1H3,(H2,26,27,29,32). The molecule has 0 fully saturated rings. The second-order valence-corrected chi connectivity index (χ2v) is 9.80. The minimum atomic E-state index is -0.396. The van der Waals surface area contributed by atoms with E-state index in [0.717, 1.165) is 16.1 Å². The molecule has 0 aliphatic rings. The molecular weight excluding hydrogens is 513 g/mol. The van der Waals surface area contributed by atoms with E-state index in [1.165, 1.54) is 22.7 Å². The summed E-state index contributed by atoms with van der Waals surface area (Å²) in [5.41, 5.74) is 2.85. The van der Waals surface area contributed by atoms with Crippen LogP contribution in [0.4, 0.5) is 9.93 Å². The fourth-order valence-corrected chi connectivity index (χ4v) is 4.82. The number of amides is 3. The van der Waals surface area contributed by atoms with E-state index in [1.807, 2.05) is 30.3 Å². The zero-order valence-corrected chi connectivity index (χ0v) is 21.1. The van der Waals surface area contributed by atoms with E-state index in [4.69, 9.17) is 23.2 Å². The summed E-state index contributed by atoms with van der Waals surface area (Å²) in [5, 5.41) is 11.1. The Balaban J connectivity index is 1.29. The van der Waals surface area contributed by atoms with Crippen LogP contribution in [0.2, 0.25) is 10.0 Å². The first-order valence-electron chi connectivity index (χ1n) is 10.1. The molecule has 4 aromatic rings. The van der Waals surface area contributed by atoms with Gasteiger partial charge in [-0.05, 0) is 17.7 Å². The molecule has 11 heteroatoms. The third-order valence-corrected chi connectivity index (χ3v) is 7.14. The van der Waals surface area contributed by atoms with Crippen LogP contribution in [0.25, 0.3) is 10.6 Å². The number of benzene rings is 2. The maximum absolute atomic E-state index is 12.8. The van der Waals surface area contributed by atoms with E-state index in [-0.39, 0.29) is 12.5 Å². The SMILES string of the molecule is CN(Cc1csc(NC(=O)NCc2ccc(Cl)c(Cl)c2)n1)C(=O)c1csc(-c2ccccc2)n1. The van der Waals surface area contributed by atoms with Crippen molar-refractivity contribution >= 4 is 62.9 Å². The van der Waals surface area contributed by atoms with Crippen molar-refractivity contribution in [3.8, 4) is 10.6 Å². The number of carbonyl (C=O) groups is 2. The zero-order valence-electron chi connectivity index (χ0n) is 17.9. The minimum absolute atomic E-state index is 0.194. The molecule has 0 spiro atoms. The number of halogens is 2. The molecule has 0 saturated heterocycles. The van der Waals surface area contributed by atoms with E-state index in [1.54, 1.807) is 40.9 Å². The highest BCUT2D eigenvalue weighted by Gasteiger charge is 2.18. The first-order chi connectivity index (χ1) is 16.4. The van der Waals surface area contributed by atoms with Gasteiger partial charge in [-0.25, -0.2) is 14.8 Å². The van der Waals surface area contributed by atoms with Gasteiger partial charge in [-0.1, -0.05) is 59.6 Å². The van der Waals surface area contributed by atoms with E-state index in [2.05, 4.69) is 20.6 Å². The molecule has 4 rings (SSSR count). The summed E-state index contributed by atoms with van der Waals surface area (Å²) in [6.07, 6.45) is 0. The van der Waals surface area contributed by atoms with Gasteiger partial charge in [0.1, 0.15) is 10.7 Å². The smallest absolute Gasteiger partial charge is 0.321 e. The maximum Gasteiger partial charge on any atom is 0.321 e. The van der Waals surface area contributed by atoms with Crippen LogP contribution < -0.4 is 10.6 Å². The van der Waals surface area contributed by atoms with Crippen molar-refractivity contribution in [2.75, 3.05) is 12.4 Å². The Hall–Kier alpha value is -2.98. The van der Waals surface area contributed by atoms with Crippen LogP contribution in [-0.2, 0) is 13.1 Å². The number of hydrogen-bond donors (Lipinski definition) is 2. The molecule has 2 aromatic heterocycles. The molecule has 3 amide bonds. The number of hydrogen-bond acceptors (Lipinski definition) is 6. The zero-order chi connectivity index (χ0) is 24.1. The van der Waals surface area contributed by atoms with E-state index in [9.17, 15) is 9.59 Å². The molecule has 34 heavy (non-hydrogen) atoms. The molecule has 2 heterocycles. The van der Waals surface area contributed by atoms with Crippen LogP contribution in [0.5, 0.6) is 0 Å². The number of nitrogens with zero attached hydrogens (tertiary/aromatic N) is 3. The highest BCUT2D eigenvalue weighted by Crippen LogP contribution is 2.25. The number of anilines is 1. The predicted molar refractivity (Wildman–Crippen MR) is 138 cm³/mol. The lowest BCUT2D eigenvalue weighted by atomic mass is 10.2. The second kappa shape index (κ2) is 11.0. The summed E-state index contributed by atoms with van der Waals surface area (Å²) in [4.78, 5) is 35.4. The summed E-state index contributed by atoms with van der Waals surface area (Å²) in [6.45, 7) is 0.580. The topological polar surface area (TPSA) is 87.2 Å². The summed E-state index contributed by atoms with van der Waals surface area (Å²) in [6, 6.07) is 14.5.